The van der Waals surface area contributed by atoms with E-state index in [1.807, 2.05) is 6.92 Å². The van der Waals surface area contributed by atoms with Crippen LogP contribution in [0.3, 0.4) is 0 Å². The molecular formula is C20H22N2O4. The molecule has 2 amide bonds. The zero-order valence-electron chi connectivity index (χ0n) is 15.0. The summed E-state index contributed by atoms with van der Waals surface area (Å²) in [6.45, 7) is 5.50. The minimum Gasteiger partial charge on any atom is -0.481 e. The summed E-state index contributed by atoms with van der Waals surface area (Å²) < 4.78 is 5.60. The van der Waals surface area contributed by atoms with Gasteiger partial charge in [-0.2, -0.15) is 0 Å². The van der Waals surface area contributed by atoms with Crippen molar-refractivity contribution >= 4 is 23.3 Å². The van der Waals surface area contributed by atoms with E-state index in [1.165, 1.54) is 6.92 Å². The van der Waals surface area contributed by atoms with E-state index in [9.17, 15) is 14.4 Å². The fourth-order valence-electron chi connectivity index (χ4n) is 2.26. The summed E-state index contributed by atoms with van der Waals surface area (Å²) in [6.07, 6.45) is -0.750. The summed E-state index contributed by atoms with van der Waals surface area (Å²) >= 11 is 0. The fourth-order valence-corrected chi connectivity index (χ4v) is 2.26. The molecule has 0 fully saturated rings. The number of anilines is 1. The number of ether oxygens (including phenoxy) is 1. The molecule has 0 aromatic heterocycles. The monoisotopic (exact) mass is 354 g/mol. The van der Waals surface area contributed by atoms with Crippen LogP contribution in [-0.4, -0.2) is 30.2 Å². The van der Waals surface area contributed by atoms with Crippen LogP contribution in [0.1, 0.15) is 41.5 Å². The van der Waals surface area contributed by atoms with Gasteiger partial charge >= 0.3 is 0 Å². The third-order valence-electron chi connectivity index (χ3n) is 3.67. The van der Waals surface area contributed by atoms with E-state index >= 15 is 0 Å². The molecule has 2 aromatic rings. The van der Waals surface area contributed by atoms with Crippen LogP contribution in [0.25, 0.3) is 0 Å². The van der Waals surface area contributed by atoms with Crippen LogP contribution in [-0.2, 0) is 4.79 Å². The Hall–Kier alpha value is -3.15. The summed E-state index contributed by atoms with van der Waals surface area (Å²) in [5.41, 5.74) is 1.61. The van der Waals surface area contributed by atoms with Crippen molar-refractivity contribution in [2.75, 3.05) is 11.9 Å². The highest BCUT2D eigenvalue weighted by Gasteiger charge is 2.15. The molecule has 0 aliphatic rings. The van der Waals surface area contributed by atoms with Crippen LogP contribution in [0.15, 0.2) is 48.5 Å². The van der Waals surface area contributed by atoms with Crippen LogP contribution in [0.2, 0.25) is 0 Å². The van der Waals surface area contributed by atoms with Crippen molar-refractivity contribution < 1.29 is 19.1 Å². The number of ketones is 1. The van der Waals surface area contributed by atoms with Crippen molar-refractivity contribution in [2.24, 2.45) is 0 Å². The zero-order chi connectivity index (χ0) is 19.1. The topological polar surface area (TPSA) is 84.5 Å². The standard InChI is InChI=1S/C20H22N2O4/c1-4-21-20(25)15-8-10-17(11-9-15)22-19(24)14(3)26-18-7-5-6-16(12-18)13(2)23/h5-12,14H,4H2,1-3H3,(H,21,25)(H,22,24). The number of carbonyl (C=O) groups is 3. The zero-order valence-corrected chi connectivity index (χ0v) is 15.0. The SMILES string of the molecule is CCNC(=O)c1ccc(NC(=O)C(C)Oc2cccc(C(C)=O)c2)cc1. The second kappa shape index (κ2) is 8.80. The smallest absolute Gasteiger partial charge is 0.265 e. The molecule has 0 aliphatic carbocycles. The normalized spacial score (nSPS) is 11.3. The predicted octanol–water partition coefficient (Wildman–Crippen LogP) is 3.04. The first-order valence-corrected chi connectivity index (χ1v) is 8.37. The van der Waals surface area contributed by atoms with Crippen LogP contribution in [0.5, 0.6) is 5.75 Å². The number of nitrogens with one attached hydrogen (secondary N) is 2. The molecule has 0 aliphatic heterocycles. The lowest BCUT2D eigenvalue weighted by Gasteiger charge is -2.15. The first kappa shape index (κ1) is 19.2. The summed E-state index contributed by atoms with van der Waals surface area (Å²) in [5.74, 6) is -0.108. The average Bonchev–Trinajstić information content (AvgIpc) is 2.62. The first-order chi connectivity index (χ1) is 12.4. The average molecular weight is 354 g/mol. The van der Waals surface area contributed by atoms with E-state index in [-0.39, 0.29) is 17.6 Å². The Morgan fingerprint density at radius 1 is 1.04 bits per heavy atom. The van der Waals surface area contributed by atoms with Crippen LogP contribution < -0.4 is 15.4 Å². The molecule has 2 aromatic carbocycles. The van der Waals surface area contributed by atoms with Crippen LogP contribution in [0, 0.1) is 0 Å². The van der Waals surface area contributed by atoms with E-state index < -0.39 is 6.10 Å². The molecule has 0 saturated carbocycles. The second-order valence-electron chi connectivity index (χ2n) is 5.77. The number of hydrogen-bond donors (Lipinski definition) is 2. The molecule has 0 heterocycles. The van der Waals surface area contributed by atoms with Crippen LogP contribution in [0.4, 0.5) is 5.69 Å². The van der Waals surface area contributed by atoms with Gasteiger partial charge in [-0.1, -0.05) is 12.1 Å². The lowest BCUT2D eigenvalue weighted by Crippen LogP contribution is -2.30. The molecule has 6 heteroatoms. The Balaban J connectivity index is 1.97. The van der Waals surface area contributed by atoms with Crippen LogP contribution >= 0.6 is 0 Å². The van der Waals surface area contributed by atoms with E-state index in [0.29, 0.717) is 29.1 Å². The van der Waals surface area contributed by atoms with Gasteiger partial charge in [-0.25, -0.2) is 0 Å². The maximum Gasteiger partial charge on any atom is 0.265 e. The molecule has 2 N–H and O–H groups in total. The lowest BCUT2D eigenvalue weighted by atomic mass is 10.1. The van der Waals surface area contributed by atoms with Gasteiger partial charge in [-0.3, -0.25) is 14.4 Å². The maximum atomic E-state index is 12.3. The quantitative estimate of drug-likeness (QED) is 0.749. The number of amides is 2. The van der Waals surface area contributed by atoms with Gasteiger partial charge in [-0.15, -0.1) is 0 Å². The predicted molar refractivity (Wildman–Crippen MR) is 99.6 cm³/mol. The number of carbonyl (C=O) groups excluding carboxylic acids is 3. The lowest BCUT2D eigenvalue weighted by molar-refractivity contribution is -0.122. The molecule has 1 atom stereocenters. The van der Waals surface area contributed by atoms with Gasteiger partial charge in [-0.05, 0) is 57.2 Å². The van der Waals surface area contributed by atoms with E-state index in [0.717, 1.165) is 0 Å². The largest absolute Gasteiger partial charge is 0.481 e. The van der Waals surface area contributed by atoms with Crippen molar-refractivity contribution in [1.82, 2.24) is 5.32 Å². The summed E-state index contributed by atoms with van der Waals surface area (Å²) in [4.78, 5) is 35.4. The molecule has 1 unspecified atom stereocenters. The Labute approximate surface area is 152 Å². The molecule has 0 radical (unpaired) electrons. The minimum atomic E-state index is -0.750. The molecule has 0 bridgehead atoms. The minimum absolute atomic E-state index is 0.0697. The molecule has 0 saturated heterocycles. The van der Waals surface area contributed by atoms with Crippen molar-refractivity contribution in [3.8, 4) is 5.75 Å². The van der Waals surface area contributed by atoms with Gasteiger partial charge in [0.1, 0.15) is 5.75 Å². The Morgan fingerprint density at radius 2 is 1.73 bits per heavy atom. The molecule has 6 nitrogen and oxygen atoms in total. The molecule has 26 heavy (non-hydrogen) atoms. The van der Waals surface area contributed by atoms with E-state index in [2.05, 4.69) is 10.6 Å². The highest BCUT2D eigenvalue weighted by molar-refractivity contribution is 5.97. The maximum absolute atomic E-state index is 12.3. The van der Waals surface area contributed by atoms with Gasteiger partial charge in [0, 0.05) is 23.4 Å². The van der Waals surface area contributed by atoms with E-state index in [4.69, 9.17) is 4.74 Å². The molecule has 2 rings (SSSR count). The van der Waals surface area contributed by atoms with Gasteiger partial charge in [0.25, 0.3) is 11.8 Å². The third-order valence-corrected chi connectivity index (χ3v) is 3.67. The van der Waals surface area contributed by atoms with Crippen molar-refractivity contribution in [3.05, 3.63) is 59.7 Å². The highest BCUT2D eigenvalue weighted by atomic mass is 16.5. The first-order valence-electron chi connectivity index (χ1n) is 8.37. The molecule has 136 valence electrons. The number of rotatable bonds is 7. The Bertz CT molecular complexity index is 800. The molecular weight excluding hydrogens is 332 g/mol. The van der Waals surface area contributed by atoms with Gasteiger partial charge in [0.2, 0.25) is 0 Å². The Morgan fingerprint density at radius 3 is 2.35 bits per heavy atom. The summed E-state index contributed by atoms with van der Waals surface area (Å²) in [5, 5.41) is 5.44. The third kappa shape index (κ3) is 5.17. The van der Waals surface area contributed by atoms with Crippen molar-refractivity contribution in [3.63, 3.8) is 0 Å². The fraction of sp³-hybridized carbons (Fsp3) is 0.250. The summed E-state index contributed by atoms with van der Waals surface area (Å²) in [6, 6.07) is 13.3. The van der Waals surface area contributed by atoms with Gasteiger partial charge in [0.05, 0.1) is 0 Å². The van der Waals surface area contributed by atoms with Gasteiger partial charge in [0.15, 0.2) is 11.9 Å². The van der Waals surface area contributed by atoms with Crippen molar-refractivity contribution in [1.29, 1.82) is 0 Å². The number of hydrogen-bond acceptors (Lipinski definition) is 4. The number of Topliss-reactive ketones (excluding diaryl/α,β-unsaturated/α-hetero) is 1. The van der Waals surface area contributed by atoms with Crippen molar-refractivity contribution in [2.45, 2.75) is 26.9 Å². The molecule has 0 spiro atoms. The van der Waals surface area contributed by atoms with Gasteiger partial charge < -0.3 is 15.4 Å². The summed E-state index contributed by atoms with van der Waals surface area (Å²) in [7, 11) is 0. The highest BCUT2D eigenvalue weighted by Crippen LogP contribution is 2.16. The Kier molecular flexibility index (Phi) is 6.49. The van der Waals surface area contributed by atoms with E-state index in [1.54, 1.807) is 55.5 Å². The second-order valence-corrected chi connectivity index (χ2v) is 5.77. The number of benzene rings is 2.